The van der Waals surface area contributed by atoms with Gasteiger partial charge < -0.3 is 14.9 Å². The van der Waals surface area contributed by atoms with Crippen LogP contribution in [0.25, 0.3) is 10.4 Å². The summed E-state index contributed by atoms with van der Waals surface area (Å²) in [6.45, 7) is 0.115. The summed E-state index contributed by atoms with van der Waals surface area (Å²) in [5.74, 6) is 0.405. The van der Waals surface area contributed by atoms with Gasteiger partial charge in [-0.2, -0.15) is 0 Å². The lowest BCUT2D eigenvalue weighted by Gasteiger charge is -2.18. The summed E-state index contributed by atoms with van der Waals surface area (Å²) >= 11 is 0. The number of aliphatic hydroxyl groups excluding tert-OH is 2. The molecule has 0 bridgehead atoms. The van der Waals surface area contributed by atoms with Crippen molar-refractivity contribution in [2.45, 2.75) is 18.6 Å². The first-order chi connectivity index (χ1) is 8.20. The van der Waals surface area contributed by atoms with Crippen LogP contribution in [0.4, 0.5) is 0 Å². The molecule has 2 atom stereocenters. The molecule has 0 saturated carbocycles. The van der Waals surface area contributed by atoms with E-state index in [1.54, 1.807) is 12.1 Å². The van der Waals surface area contributed by atoms with Crippen molar-refractivity contribution in [2.24, 2.45) is 5.11 Å². The topological polar surface area (TPSA) is 111 Å². The van der Waals surface area contributed by atoms with E-state index in [0.29, 0.717) is 5.75 Å². The van der Waals surface area contributed by atoms with Crippen molar-refractivity contribution in [1.29, 1.82) is 0 Å². The Hall–Kier alpha value is -1.82. The van der Waals surface area contributed by atoms with Crippen molar-refractivity contribution >= 4 is 0 Å². The van der Waals surface area contributed by atoms with E-state index in [9.17, 15) is 10.2 Å². The predicted molar refractivity (Wildman–Crippen MR) is 60.4 cm³/mol. The second-order valence-electron chi connectivity index (χ2n) is 3.35. The maximum atomic E-state index is 9.87. The molecular weight excluding hydrogens is 224 g/mol. The van der Waals surface area contributed by atoms with Crippen LogP contribution in [-0.2, 0) is 0 Å². The van der Waals surface area contributed by atoms with Gasteiger partial charge in [0, 0.05) is 17.7 Å². The van der Waals surface area contributed by atoms with Crippen LogP contribution < -0.4 is 4.74 Å². The number of aliphatic hydroxyl groups is 2. The molecule has 1 aromatic heterocycles. The number of pyridine rings is 1. The molecule has 7 nitrogen and oxygen atoms in total. The average Bonchev–Trinajstić information content (AvgIpc) is 2.38. The van der Waals surface area contributed by atoms with Crippen LogP contribution in [0.1, 0.15) is 18.2 Å². The molecule has 7 heteroatoms. The van der Waals surface area contributed by atoms with Gasteiger partial charge in [-0.15, -0.1) is 0 Å². The van der Waals surface area contributed by atoms with Gasteiger partial charge in [-0.1, -0.05) is 5.11 Å². The van der Waals surface area contributed by atoms with Gasteiger partial charge in [0.05, 0.1) is 13.2 Å². The first-order valence-electron chi connectivity index (χ1n) is 5.06. The summed E-state index contributed by atoms with van der Waals surface area (Å²) in [7, 11) is 1.46. The van der Waals surface area contributed by atoms with Gasteiger partial charge in [0.1, 0.15) is 17.5 Å². The van der Waals surface area contributed by atoms with E-state index in [1.807, 2.05) is 0 Å². The summed E-state index contributed by atoms with van der Waals surface area (Å²) in [5.41, 5.74) is 8.37. The Morgan fingerprint density at radius 3 is 3.00 bits per heavy atom. The molecule has 2 N–H and O–H groups in total. The summed E-state index contributed by atoms with van der Waals surface area (Å²) in [4.78, 5) is 6.53. The maximum absolute atomic E-state index is 9.87. The van der Waals surface area contributed by atoms with Gasteiger partial charge in [0.2, 0.25) is 0 Å². The van der Waals surface area contributed by atoms with Gasteiger partial charge in [0.15, 0.2) is 0 Å². The molecule has 0 fully saturated rings. The second kappa shape index (κ2) is 6.70. The smallest absolute Gasteiger partial charge is 0.143 e. The van der Waals surface area contributed by atoms with Crippen LogP contribution in [0, 0.1) is 0 Å². The van der Waals surface area contributed by atoms with Crippen molar-refractivity contribution in [3.63, 3.8) is 0 Å². The highest BCUT2D eigenvalue weighted by Crippen LogP contribution is 2.25. The van der Waals surface area contributed by atoms with Gasteiger partial charge >= 0.3 is 0 Å². The van der Waals surface area contributed by atoms with Crippen LogP contribution in [0.15, 0.2) is 23.4 Å². The predicted octanol–water partition coefficient (Wildman–Crippen LogP) is 1.18. The molecule has 0 aliphatic rings. The van der Waals surface area contributed by atoms with Crippen molar-refractivity contribution in [3.8, 4) is 5.75 Å². The zero-order chi connectivity index (χ0) is 12.7. The van der Waals surface area contributed by atoms with Crippen molar-refractivity contribution in [1.82, 2.24) is 4.98 Å². The van der Waals surface area contributed by atoms with Gasteiger partial charge in [0.25, 0.3) is 0 Å². The Morgan fingerprint density at radius 2 is 2.35 bits per heavy atom. The van der Waals surface area contributed by atoms with Crippen molar-refractivity contribution < 1.29 is 14.9 Å². The number of nitrogens with zero attached hydrogens (tertiary/aromatic N) is 4. The minimum atomic E-state index is -1.17. The largest absolute Gasteiger partial charge is 0.495 e. The Bertz CT molecular complexity index is 406. The van der Waals surface area contributed by atoms with E-state index in [0.717, 1.165) is 0 Å². The minimum Gasteiger partial charge on any atom is -0.495 e. The molecule has 92 valence electrons. The molecule has 0 aromatic carbocycles. The van der Waals surface area contributed by atoms with Crippen LogP contribution in [0.3, 0.4) is 0 Å². The molecule has 0 aliphatic carbocycles. The number of methoxy groups -OCH3 is 1. The number of azide groups is 1. The first kappa shape index (κ1) is 13.2. The lowest BCUT2D eigenvalue weighted by molar-refractivity contribution is 0.0111. The Labute approximate surface area is 98.3 Å². The van der Waals surface area contributed by atoms with E-state index >= 15 is 0 Å². The van der Waals surface area contributed by atoms with E-state index in [2.05, 4.69) is 15.0 Å². The molecule has 2 unspecified atom stereocenters. The summed E-state index contributed by atoms with van der Waals surface area (Å²) in [6, 6.07) is 3.31. The van der Waals surface area contributed by atoms with Crippen LogP contribution in [0.5, 0.6) is 5.75 Å². The fourth-order valence-electron chi connectivity index (χ4n) is 1.37. The highest BCUT2D eigenvalue weighted by atomic mass is 16.5. The van der Waals surface area contributed by atoms with E-state index < -0.39 is 12.2 Å². The molecule has 0 spiro atoms. The number of aromatic nitrogens is 1. The zero-order valence-electron chi connectivity index (χ0n) is 9.39. The lowest BCUT2D eigenvalue weighted by atomic mass is 10.1. The van der Waals surface area contributed by atoms with Gasteiger partial charge in [-0.25, -0.2) is 0 Å². The summed E-state index contributed by atoms with van der Waals surface area (Å²) in [6.07, 6.45) is -0.559. The quantitative estimate of drug-likeness (QED) is 0.440. The van der Waals surface area contributed by atoms with Crippen molar-refractivity contribution in [3.05, 3.63) is 34.5 Å². The van der Waals surface area contributed by atoms with Gasteiger partial charge in [-0.3, -0.25) is 4.98 Å². The van der Waals surface area contributed by atoms with E-state index in [1.165, 1.54) is 13.3 Å². The Kier molecular flexibility index (Phi) is 5.22. The van der Waals surface area contributed by atoms with E-state index in [4.69, 9.17) is 10.3 Å². The Balaban J connectivity index is 2.73. The van der Waals surface area contributed by atoms with Crippen LogP contribution in [0.2, 0.25) is 0 Å². The molecule has 1 heterocycles. The maximum Gasteiger partial charge on any atom is 0.143 e. The molecule has 1 aromatic rings. The average molecular weight is 238 g/mol. The van der Waals surface area contributed by atoms with Gasteiger partial charge in [-0.05, 0) is 24.1 Å². The summed E-state index contributed by atoms with van der Waals surface area (Å²) < 4.78 is 5.03. The fourth-order valence-corrected chi connectivity index (χ4v) is 1.37. The minimum absolute atomic E-state index is 0.115. The van der Waals surface area contributed by atoms with Crippen LogP contribution >= 0.6 is 0 Å². The molecule has 0 saturated heterocycles. The number of hydrogen-bond acceptors (Lipinski definition) is 5. The molecular formula is C10H14N4O3. The highest BCUT2D eigenvalue weighted by molar-refractivity contribution is 5.29. The van der Waals surface area contributed by atoms with Crippen molar-refractivity contribution in [2.75, 3.05) is 13.7 Å². The molecule has 0 aliphatic heterocycles. The third kappa shape index (κ3) is 3.60. The SMILES string of the molecule is COc1cccnc1C(O)C(O)CCN=[N+]=[N-]. The third-order valence-electron chi connectivity index (χ3n) is 2.25. The number of hydrogen-bond donors (Lipinski definition) is 2. The first-order valence-corrected chi connectivity index (χ1v) is 5.06. The van der Waals surface area contributed by atoms with Crippen LogP contribution in [-0.4, -0.2) is 35.0 Å². The molecule has 0 radical (unpaired) electrons. The number of rotatable bonds is 6. The molecule has 0 amide bonds. The monoisotopic (exact) mass is 238 g/mol. The fraction of sp³-hybridized carbons (Fsp3) is 0.500. The lowest BCUT2D eigenvalue weighted by Crippen LogP contribution is -2.20. The molecule has 17 heavy (non-hydrogen) atoms. The Morgan fingerprint density at radius 1 is 1.59 bits per heavy atom. The standard InChI is InChI=1S/C10H14N4O3/c1-17-8-3-2-5-12-9(8)10(16)7(15)4-6-13-14-11/h2-3,5,7,10,15-16H,4,6H2,1H3. The number of ether oxygens (including phenoxy) is 1. The highest BCUT2D eigenvalue weighted by Gasteiger charge is 2.22. The summed E-state index contributed by atoms with van der Waals surface area (Å²) in [5, 5.41) is 22.9. The second-order valence-corrected chi connectivity index (χ2v) is 3.35. The zero-order valence-corrected chi connectivity index (χ0v) is 9.39. The van der Waals surface area contributed by atoms with E-state index in [-0.39, 0.29) is 18.7 Å². The molecule has 1 rings (SSSR count). The third-order valence-corrected chi connectivity index (χ3v) is 2.25. The normalized spacial score (nSPS) is 13.6.